The van der Waals surface area contributed by atoms with E-state index in [2.05, 4.69) is 15.2 Å². The molecule has 1 N–H and O–H groups in total. The largest absolute Gasteiger partial charge is 0.492 e. The van der Waals surface area contributed by atoms with E-state index in [9.17, 15) is 4.79 Å². The van der Waals surface area contributed by atoms with Gasteiger partial charge in [-0.2, -0.15) is 0 Å². The van der Waals surface area contributed by atoms with Crippen molar-refractivity contribution < 1.29 is 9.53 Å². The number of ether oxygens (including phenoxy) is 1. The molecule has 2 aromatic rings. The number of carbonyl (C=O) groups is 1. The average Bonchev–Trinajstić information content (AvgIpc) is 3.37. The minimum Gasteiger partial charge on any atom is -0.492 e. The van der Waals surface area contributed by atoms with Gasteiger partial charge in [-0.05, 0) is 63.3 Å². The van der Waals surface area contributed by atoms with Crippen LogP contribution >= 0.6 is 0 Å². The Morgan fingerprint density at radius 1 is 1.21 bits per heavy atom. The smallest absolute Gasteiger partial charge is 0.252 e. The van der Waals surface area contributed by atoms with Gasteiger partial charge in [-0.1, -0.05) is 6.07 Å². The Kier molecular flexibility index (Phi) is 4.81. The van der Waals surface area contributed by atoms with Crippen molar-refractivity contribution in [3.63, 3.8) is 0 Å². The lowest BCUT2D eigenvalue weighted by atomic mass is 10.1. The number of benzene rings is 1. The summed E-state index contributed by atoms with van der Waals surface area (Å²) in [4.78, 5) is 18.9. The summed E-state index contributed by atoms with van der Waals surface area (Å²) in [5.74, 6) is 0.706. The molecule has 0 atom stereocenters. The van der Waals surface area contributed by atoms with E-state index in [0.717, 1.165) is 30.8 Å². The van der Waals surface area contributed by atoms with Crippen LogP contribution in [0, 0.1) is 0 Å². The Morgan fingerprint density at radius 3 is 2.54 bits per heavy atom. The maximum atomic E-state index is 12.5. The number of aromatic nitrogens is 1. The molecule has 1 aliphatic carbocycles. The van der Waals surface area contributed by atoms with Crippen LogP contribution in [-0.4, -0.2) is 43.0 Å². The van der Waals surface area contributed by atoms with Crippen molar-refractivity contribution in [2.75, 3.05) is 27.2 Å². The molecule has 0 bridgehead atoms. The van der Waals surface area contributed by atoms with Crippen LogP contribution in [0.15, 0.2) is 48.7 Å². The quantitative estimate of drug-likeness (QED) is 0.849. The fourth-order valence-corrected chi connectivity index (χ4v) is 2.55. The highest BCUT2D eigenvalue weighted by molar-refractivity contribution is 5.95. The van der Waals surface area contributed by atoms with Gasteiger partial charge in [-0.25, -0.2) is 0 Å². The SMILES string of the molecule is CN(C)CCOc1ccc(C(=O)NC2(c3ccccn3)CC2)cc1. The summed E-state index contributed by atoms with van der Waals surface area (Å²) in [6, 6.07) is 13.1. The van der Waals surface area contributed by atoms with Gasteiger partial charge in [0.2, 0.25) is 0 Å². The van der Waals surface area contributed by atoms with Crippen LogP contribution in [0.25, 0.3) is 0 Å². The number of carbonyl (C=O) groups excluding carboxylic acids is 1. The number of nitrogens with zero attached hydrogens (tertiary/aromatic N) is 2. The van der Waals surface area contributed by atoms with E-state index < -0.39 is 0 Å². The first-order valence-electron chi connectivity index (χ1n) is 8.21. The summed E-state index contributed by atoms with van der Waals surface area (Å²) in [6.45, 7) is 1.48. The summed E-state index contributed by atoms with van der Waals surface area (Å²) in [7, 11) is 4.01. The van der Waals surface area contributed by atoms with E-state index in [-0.39, 0.29) is 11.4 Å². The van der Waals surface area contributed by atoms with Crippen molar-refractivity contribution in [2.45, 2.75) is 18.4 Å². The van der Waals surface area contributed by atoms with Crippen LogP contribution in [0.2, 0.25) is 0 Å². The molecule has 24 heavy (non-hydrogen) atoms. The highest BCUT2D eigenvalue weighted by Gasteiger charge is 2.46. The zero-order valence-electron chi connectivity index (χ0n) is 14.2. The number of nitrogens with one attached hydrogen (secondary N) is 1. The van der Waals surface area contributed by atoms with E-state index >= 15 is 0 Å². The van der Waals surface area contributed by atoms with Crippen molar-refractivity contribution in [2.24, 2.45) is 0 Å². The normalized spacial score (nSPS) is 15.1. The van der Waals surface area contributed by atoms with Gasteiger partial charge in [0.1, 0.15) is 12.4 Å². The molecule has 0 aliphatic heterocycles. The zero-order valence-corrected chi connectivity index (χ0v) is 14.2. The monoisotopic (exact) mass is 325 g/mol. The molecule has 1 heterocycles. The van der Waals surface area contributed by atoms with E-state index in [0.29, 0.717) is 12.2 Å². The molecule has 1 aromatic carbocycles. The second-order valence-corrected chi connectivity index (χ2v) is 6.43. The van der Waals surface area contributed by atoms with Crippen molar-refractivity contribution in [1.82, 2.24) is 15.2 Å². The fourth-order valence-electron chi connectivity index (χ4n) is 2.55. The summed E-state index contributed by atoms with van der Waals surface area (Å²) in [5, 5.41) is 3.13. The van der Waals surface area contributed by atoms with Crippen molar-refractivity contribution in [3.8, 4) is 5.75 Å². The minimum atomic E-state index is -0.292. The highest BCUT2D eigenvalue weighted by Crippen LogP contribution is 2.44. The van der Waals surface area contributed by atoms with E-state index in [1.54, 1.807) is 18.3 Å². The molecule has 1 amide bonds. The predicted molar refractivity (Wildman–Crippen MR) is 93.1 cm³/mol. The Hall–Kier alpha value is -2.40. The van der Waals surface area contributed by atoms with E-state index in [4.69, 9.17) is 4.74 Å². The maximum absolute atomic E-state index is 12.5. The Morgan fingerprint density at radius 2 is 1.96 bits per heavy atom. The first kappa shape index (κ1) is 16.5. The molecule has 1 saturated carbocycles. The topological polar surface area (TPSA) is 54.5 Å². The number of pyridine rings is 1. The molecule has 5 heteroatoms. The van der Waals surface area contributed by atoms with Crippen LogP contribution in [0.5, 0.6) is 5.75 Å². The fraction of sp³-hybridized carbons (Fsp3) is 0.368. The lowest BCUT2D eigenvalue weighted by Crippen LogP contribution is -2.35. The third-order valence-electron chi connectivity index (χ3n) is 4.18. The lowest BCUT2D eigenvalue weighted by molar-refractivity contribution is 0.0929. The molecule has 126 valence electrons. The van der Waals surface area contributed by atoms with E-state index in [1.807, 2.05) is 44.4 Å². The van der Waals surface area contributed by atoms with Crippen LogP contribution in [0.3, 0.4) is 0 Å². The van der Waals surface area contributed by atoms with Gasteiger partial charge >= 0.3 is 0 Å². The molecule has 0 spiro atoms. The molecule has 1 aromatic heterocycles. The summed E-state index contributed by atoms with van der Waals surface area (Å²) < 4.78 is 5.65. The number of hydrogen-bond acceptors (Lipinski definition) is 4. The van der Waals surface area contributed by atoms with Crippen LogP contribution in [-0.2, 0) is 5.54 Å². The number of amides is 1. The molecular weight excluding hydrogens is 302 g/mol. The maximum Gasteiger partial charge on any atom is 0.252 e. The average molecular weight is 325 g/mol. The lowest BCUT2D eigenvalue weighted by Gasteiger charge is -2.17. The second-order valence-electron chi connectivity index (χ2n) is 6.43. The van der Waals surface area contributed by atoms with Crippen LogP contribution in [0.1, 0.15) is 28.9 Å². The molecule has 5 nitrogen and oxygen atoms in total. The molecule has 1 fully saturated rings. The third-order valence-corrected chi connectivity index (χ3v) is 4.18. The van der Waals surface area contributed by atoms with Crippen molar-refractivity contribution in [1.29, 1.82) is 0 Å². The first-order chi connectivity index (χ1) is 11.6. The summed E-state index contributed by atoms with van der Waals surface area (Å²) in [6.07, 6.45) is 3.63. The standard InChI is InChI=1S/C19H23N3O2/c1-22(2)13-14-24-16-8-6-15(7-9-16)18(23)21-19(10-11-19)17-5-3-4-12-20-17/h3-9,12H,10-11,13-14H2,1-2H3,(H,21,23). The molecular formula is C19H23N3O2. The number of likely N-dealkylation sites (N-methyl/N-ethyl adjacent to an activating group) is 1. The van der Waals surface area contributed by atoms with E-state index in [1.165, 1.54) is 0 Å². The second kappa shape index (κ2) is 7.01. The molecule has 3 rings (SSSR count). The van der Waals surface area contributed by atoms with Gasteiger partial charge in [-0.15, -0.1) is 0 Å². The summed E-state index contributed by atoms with van der Waals surface area (Å²) >= 11 is 0. The highest BCUT2D eigenvalue weighted by atomic mass is 16.5. The third kappa shape index (κ3) is 3.92. The molecule has 0 radical (unpaired) electrons. The molecule has 0 saturated heterocycles. The van der Waals surface area contributed by atoms with Gasteiger partial charge < -0.3 is 15.0 Å². The molecule has 1 aliphatic rings. The Balaban J connectivity index is 1.60. The minimum absolute atomic E-state index is 0.0713. The first-order valence-corrected chi connectivity index (χ1v) is 8.21. The van der Waals surface area contributed by atoms with Crippen LogP contribution in [0.4, 0.5) is 0 Å². The number of rotatable bonds is 7. The van der Waals surface area contributed by atoms with Crippen molar-refractivity contribution in [3.05, 3.63) is 59.9 Å². The Labute approximate surface area is 142 Å². The van der Waals surface area contributed by atoms with Crippen LogP contribution < -0.4 is 10.1 Å². The summed E-state index contributed by atoms with van der Waals surface area (Å²) in [5.41, 5.74) is 1.28. The van der Waals surface area contributed by atoms with Gasteiger partial charge in [0, 0.05) is 18.3 Å². The van der Waals surface area contributed by atoms with Crippen molar-refractivity contribution >= 4 is 5.91 Å². The number of hydrogen-bond donors (Lipinski definition) is 1. The zero-order chi connectivity index (χ0) is 17.0. The van der Waals surface area contributed by atoms with Gasteiger partial charge in [0.25, 0.3) is 5.91 Å². The van der Waals surface area contributed by atoms with Gasteiger partial charge in [-0.3, -0.25) is 9.78 Å². The van der Waals surface area contributed by atoms with Gasteiger partial charge in [0.15, 0.2) is 0 Å². The molecule has 0 unspecified atom stereocenters. The predicted octanol–water partition coefficient (Wildman–Crippen LogP) is 2.44. The Bertz CT molecular complexity index is 680. The van der Waals surface area contributed by atoms with Gasteiger partial charge in [0.05, 0.1) is 11.2 Å².